The molecule has 0 atom stereocenters. The van der Waals surface area contributed by atoms with Gasteiger partial charge in [0.05, 0.1) is 18.2 Å². The van der Waals surface area contributed by atoms with Crippen LogP contribution in [0.3, 0.4) is 0 Å². The van der Waals surface area contributed by atoms with Gasteiger partial charge in [0.2, 0.25) is 0 Å². The van der Waals surface area contributed by atoms with Crippen molar-refractivity contribution in [3.63, 3.8) is 0 Å². The van der Waals surface area contributed by atoms with Crippen molar-refractivity contribution in [3.8, 4) is 11.8 Å². The molecule has 2 rings (SSSR count). The number of benzene rings is 2. The lowest BCUT2D eigenvalue weighted by molar-refractivity contribution is 0.322. The van der Waals surface area contributed by atoms with Gasteiger partial charge < -0.3 is 4.74 Å². The van der Waals surface area contributed by atoms with Gasteiger partial charge in [0.25, 0.3) is 0 Å². The molecule has 0 bridgehead atoms. The zero-order valence-electron chi connectivity index (χ0n) is 10.4. The first kappa shape index (κ1) is 12.2. The van der Waals surface area contributed by atoms with Crippen molar-refractivity contribution in [3.05, 3.63) is 65.2 Å². The molecule has 0 aliphatic heterocycles. The third kappa shape index (κ3) is 3.36. The second-order valence-electron chi connectivity index (χ2n) is 4.22. The van der Waals surface area contributed by atoms with Crippen molar-refractivity contribution in [2.75, 3.05) is 6.61 Å². The summed E-state index contributed by atoms with van der Waals surface area (Å²) in [4.78, 5) is 0. The number of aryl methyl sites for hydroxylation is 1. The van der Waals surface area contributed by atoms with Gasteiger partial charge in [-0.3, -0.25) is 0 Å². The summed E-state index contributed by atoms with van der Waals surface area (Å²) in [6, 6.07) is 17.8. The molecule has 2 heteroatoms. The highest BCUT2D eigenvalue weighted by molar-refractivity contribution is 5.31. The van der Waals surface area contributed by atoms with Crippen molar-refractivity contribution < 1.29 is 4.74 Å². The topological polar surface area (TPSA) is 33.0 Å². The van der Waals surface area contributed by atoms with E-state index < -0.39 is 0 Å². The van der Waals surface area contributed by atoms with Gasteiger partial charge in [-0.15, -0.1) is 0 Å². The molecule has 18 heavy (non-hydrogen) atoms. The monoisotopic (exact) mass is 237 g/mol. The van der Waals surface area contributed by atoms with Gasteiger partial charge in [0.15, 0.2) is 0 Å². The highest BCUT2D eigenvalue weighted by Gasteiger charge is 1.96. The molecule has 0 aliphatic rings. The highest BCUT2D eigenvalue weighted by Crippen LogP contribution is 2.12. The van der Waals surface area contributed by atoms with Gasteiger partial charge in [-0.1, -0.05) is 29.8 Å². The summed E-state index contributed by atoms with van der Waals surface area (Å²) >= 11 is 0. The minimum atomic E-state index is 0.648. The van der Waals surface area contributed by atoms with Crippen LogP contribution in [0.5, 0.6) is 5.75 Å². The van der Waals surface area contributed by atoms with E-state index >= 15 is 0 Å². The molecule has 2 nitrogen and oxygen atoms in total. The second kappa shape index (κ2) is 5.88. The van der Waals surface area contributed by atoms with Gasteiger partial charge in [-0.05, 0) is 36.8 Å². The van der Waals surface area contributed by atoms with E-state index in [1.165, 1.54) is 11.1 Å². The van der Waals surface area contributed by atoms with Crippen LogP contribution in [0.25, 0.3) is 0 Å². The smallest absolute Gasteiger partial charge is 0.119 e. The molecule has 90 valence electrons. The molecule has 0 radical (unpaired) electrons. The van der Waals surface area contributed by atoms with Gasteiger partial charge in [-0.25, -0.2) is 0 Å². The zero-order chi connectivity index (χ0) is 12.8. The van der Waals surface area contributed by atoms with Crippen molar-refractivity contribution in [1.82, 2.24) is 0 Å². The van der Waals surface area contributed by atoms with Crippen molar-refractivity contribution in [2.45, 2.75) is 13.3 Å². The molecular formula is C16H15NO. The Bertz CT molecular complexity index is 535. The lowest BCUT2D eigenvalue weighted by Gasteiger charge is -2.06. The van der Waals surface area contributed by atoms with E-state index in [1.54, 1.807) is 0 Å². The largest absolute Gasteiger partial charge is 0.493 e. The van der Waals surface area contributed by atoms with Crippen molar-refractivity contribution >= 4 is 0 Å². The lowest BCUT2D eigenvalue weighted by atomic mass is 10.1. The molecule has 0 aliphatic carbocycles. The summed E-state index contributed by atoms with van der Waals surface area (Å²) in [5.74, 6) is 0.897. The minimum absolute atomic E-state index is 0.648. The van der Waals surface area contributed by atoms with Gasteiger partial charge >= 0.3 is 0 Å². The zero-order valence-corrected chi connectivity index (χ0v) is 10.4. The van der Waals surface area contributed by atoms with Crippen LogP contribution >= 0.6 is 0 Å². The standard InChI is InChI=1S/C16H15NO/c1-13-2-8-16(9-3-13)18-11-10-14-4-6-15(12-17)7-5-14/h2-9H,10-11H2,1H3. The van der Waals surface area contributed by atoms with Crippen LogP contribution in [-0.2, 0) is 6.42 Å². The quantitative estimate of drug-likeness (QED) is 0.815. The van der Waals surface area contributed by atoms with E-state index in [0.717, 1.165) is 12.2 Å². The fourth-order valence-electron chi connectivity index (χ4n) is 1.67. The average molecular weight is 237 g/mol. The maximum Gasteiger partial charge on any atom is 0.119 e. The van der Waals surface area contributed by atoms with Crippen LogP contribution in [0.4, 0.5) is 0 Å². The predicted molar refractivity (Wildman–Crippen MR) is 71.5 cm³/mol. The van der Waals surface area contributed by atoms with E-state index in [0.29, 0.717) is 12.2 Å². The first-order valence-corrected chi connectivity index (χ1v) is 5.96. The van der Waals surface area contributed by atoms with Crippen LogP contribution in [0.2, 0.25) is 0 Å². The number of hydrogen-bond acceptors (Lipinski definition) is 2. The van der Waals surface area contributed by atoms with Crippen molar-refractivity contribution in [1.29, 1.82) is 5.26 Å². The molecule has 0 fully saturated rings. The first-order chi connectivity index (χ1) is 8.78. The molecule has 2 aromatic rings. The highest BCUT2D eigenvalue weighted by atomic mass is 16.5. The summed E-state index contributed by atoms with van der Waals surface area (Å²) in [5, 5.41) is 8.70. The molecule has 0 amide bonds. The third-order valence-electron chi connectivity index (χ3n) is 2.76. The maximum atomic E-state index is 8.70. The van der Waals surface area contributed by atoms with E-state index in [2.05, 4.69) is 13.0 Å². The molecule has 0 unspecified atom stereocenters. The molecule has 0 saturated heterocycles. The number of nitrogens with zero attached hydrogens (tertiary/aromatic N) is 1. The third-order valence-corrected chi connectivity index (χ3v) is 2.76. The van der Waals surface area contributed by atoms with E-state index in [-0.39, 0.29) is 0 Å². The maximum absolute atomic E-state index is 8.70. The molecule has 0 spiro atoms. The summed E-state index contributed by atoms with van der Waals surface area (Å²) in [7, 11) is 0. The normalized spacial score (nSPS) is 9.78. The Morgan fingerprint density at radius 2 is 1.67 bits per heavy atom. The molecule has 0 saturated carbocycles. The average Bonchev–Trinajstić information content (AvgIpc) is 2.42. The van der Waals surface area contributed by atoms with Crippen LogP contribution < -0.4 is 4.74 Å². The summed E-state index contributed by atoms with van der Waals surface area (Å²) in [6.45, 7) is 2.70. The molecule has 0 aromatic heterocycles. The fraction of sp³-hybridized carbons (Fsp3) is 0.188. The predicted octanol–water partition coefficient (Wildman–Crippen LogP) is 3.49. The van der Waals surface area contributed by atoms with Gasteiger partial charge in [0.1, 0.15) is 5.75 Å². The number of hydrogen-bond donors (Lipinski definition) is 0. The van der Waals surface area contributed by atoms with Gasteiger partial charge in [-0.2, -0.15) is 5.26 Å². The number of nitriles is 1. The van der Waals surface area contributed by atoms with Gasteiger partial charge in [0, 0.05) is 6.42 Å². The Morgan fingerprint density at radius 1 is 1.00 bits per heavy atom. The first-order valence-electron chi connectivity index (χ1n) is 5.96. The molecule has 0 heterocycles. The Labute approximate surface area is 107 Å². The Hall–Kier alpha value is -2.27. The van der Waals surface area contributed by atoms with Crippen LogP contribution in [0.15, 0.2) is 48.5 Å². The summed E-state index contributed by atoms with van der Waals surface area (Å²) < 4.78 is 5.66. The van der Waals surface area contributed by atoms with E-state index in [1.807, 2.05) is 48.5 Å². The second-order valence-corrected chi connectivity index (χ2v) is 4.22. The Kier molecular flexibility index (Phi) is 3.98. The van der Waals surface area contributed by atoms with E-state index in [9.17, 15) is 0 Å². The fourth-order valence-corrected chi connectivity index (χ4v) is 1.67. The summed E-state index contributed by atoms with van der Waals surface area (Å²) in [6.07, 6.45) is 0.847. The molecular weight excluding hydrogens is 222 g/mol. The molecule has 0 N–H and O–H groups in total. The Balaban J connectivity index is 1.84. The van der Waals surface area contributed by atoms with Crippen LogP contribution in [-0.4, -0.2) is 6.61 Å². The SMILES string of the molecule is Cc1ccc(OCCc2ccc(C#N)cc2)cc1. The number of ether oxygens (including phenoxy) is 1. The number of rotatable bonds is 4. The lowest BCUT2D eigenvalue weighted by Crippen LogP contribution is -2.01. The molecule has 2 aromatic carbocycles. The van der Waals surface area contributed by atoms with Crippen LogP contribution in [0, 0.1) is 18.3 Å². The minimum Gasteiger partial charge on any atom is -0.493 e. The van der Waals surface area contributed by atoms with Crippen LogP contribution in [0.1, 0.15) is 16.7 Å². The summed E-state index contributed by atoms with van der Waals surface area (Å²) in [5.41, 5.74) is 3.11. The van der Waals surface area contributed by atoms with Crippen molar-refractivity contribution in [2.24, 2.45) is 0 Å². The van der Waals surface area contributed by atoms with E-state index in [4.69, 9.17) is 10.00 Å². The Morgan fingerprint density at radius 3 is 2.28 bits per heavy atom.